The minimum atomic E-state index is -3.89. The molecule has 6 unspecified atom stereocenters. The van der Waals surface area contributed by atoms with Crippen LogP contribution in [-0.4, -0.2) is 238 Å². The van der Waals surface area contributed by atoms with Crippen LogP contribution in [-0.2, 0) is 143 Å². The van der Waals surface area contributed by atoms with Crippen molar-refractivity contribution in [3.05, 3.63) is 0 Å². The average molecular weight is 1300 g/mol. The molecule has 36 nitrogen and oxygen atoms in total. The van der Waals surface area contributed by atoms with E-state index < -0.39 is 146 Å². The monoisotopic (exact) mass is 1300 g/mol. The van der Waals surface area contributed by atoms with Gasteiger partial charge in [-0.05, 0) is 38.5 Å². The second kappa shape index (κ2) is 32.8. The fraction of sp³-hybridized carbons (Fsp3) is 0.846. The van der Waals surface area contributed by atoms with Crippen LogP contribution in [0, 0.1) is 0 Å². The number of rotatable bonds is 36. The van der Waals surface area contributed by atoms with Crippen molar-refractivity contribution in [1.82, 2.24) is 0 Å². The first-order valence-electron chi connectivity index (χ1n) is 24.2. The lowest BCUT2D eigenvalue weighted by molar-refractivity contribution is 0.0990. The smallest absolute Gasteiger partial charge is 0.430 e. The highest BCUT2D eigenvalue weighted by Crippen LogP contribution is 2.16. The number of unbranched alkanes of at least 4 members (excludes halogenated alkanes) is 6. The van der Waals surface area contributed by atoms with Gasteiger partial charge in [-0.2, -0.15) is 50.5 Å². The summed E-state index contributed by atoms with van der Waals surface area (Å²) in [6.07, 6.45) is -7.57. The van der Waals surface area contributed by atoms with Crippen LogP contribution in [0.3, 0.4) is 0 Å². The lowest BCUT2D eigenvalue weighted by atomic mass is 10.2. The number of carbonyl (C=O) groups is 6. The zero-order valence-electron chi connectivity index (χ0n) is 42.7. The molecular formula is C39H60O36S6. The van der Waals surface area contributed by atoms with Crippen LogP contribution in [0.1, 0.15) is 57.8 Å². The van der Waals surface area contributed by atoms with Crippen molar-refractivity contribution in [3.8, 4) is 0 Å². The predicted octanol–water partition coefficient (Wildman–Crippen LogP) is -0.239. The summed E-state index contributed by atoms with van der Waals surface area (Å²) < 4.78 is 224. The Morgan fingerprint density at radius 1 is 0.247 bits per heavy atom. The minimum Gasteiger partial charge on any atom is -0.430 e. The standard InChI is InChI=1S/C14H22O12S2.C13H20O12S2.C12H18O12S2/c15-13-21-7-11(25-13)9-23-27(17,18)5-3-1-2-4-6-28(19,20)24-10-12-8-22-14(16)26-12;14-12-20-6-10(24-12)8-22-26(16,17)4-2-1-3-5-27(18,19)23-9-11-7-21-13(15)25-11;13-11-19-5-9(23-11)7-21-25(15,16)3-1-2-4-26(17,18)22-8-10-6-20-12(14)24-10/h11-12H,1-10H2;10-11H,1-9H2;9-10H,1-8H2. The topological polar surface area (TPSA) is 473 Å². The molecule has 0 radical (unpaired) electrons. The van der Waals surface area contributed by atoms with Crippen LogP contribution in [0.25, 0.3) is 0 Å². The van der Waals surface area contributed by atoms with Crippen molar-refractivity contribution >= 4 is 97.6 Å². The van der Waals surface area contributed by atoms with E-state index in [4.69, 9.17) is 25.1 Å². The second-order valence-corrected chi connectivity index (χ2v) is 27.8. The van der Waals surface area contributed by atoms with Gasteiger partial charge in [0, 0.05) is 0 Å². The molecule has 0 spiro atoms. The van der Waals surface area contributed by atoms with E-state index >= 15 is 0 Å². The molecule has 6 aliphatic rings. The third-order valence-corrected chi connectivity index (χ3v) is 18.1. The summed E-state index contributed by atoms with van der Waals surface area (Å²) in [6.45, 7) is -2.42. The van der Waals surface area contributed by atoms with Gasteiger partial charge in [0.05, 0.1) is 34.5 Å². The SMILES string of the molecule is O=C1OCC(COS(=O)(=O)CCCCCCS(=O)(=O)OCC2COC(=O)O2)O1.O=C1OCC(COS(=O)(=O)CCCCCS(=O)(=O)OCC2COC(=O)O2)O1.O=C1OCC(COS(=O)(=O)CCCCS(=O)(=O)OCC2COC(=O)O2)O1. The number of hydrogen-bond acceptors (Lipinski definition) is 36. The molecule has 42 heteroatoms. The maximum absolute atomic E-state index is 11.7. The highest BCUT2D eigenvalue weighted by Gasteiger charge is 2.32. The molecule has 0 aromatic rings. The lowest BCUT2D eigenvalue weighted by Gasteiger charge is -2.09. The molecule has 6 atom stereocenters. The van der Waals surface area contributed by atoms with Crippen LogP contribution in [0.15, 0.2) is 0 Å². The summed E-state index contributed by atoms with van der Waals surface area (Å²) in [5, 5.41) is 0. The Balaban J connectivity index is 0.000000262. The van der Waals surface area contributed by atoms with Crippen molar-refractivity contribution in [2.24, 2.45) is 0 Å². The van der Waals surface area contributed by atoms with Crippen LogP contribution in [0.4, 0.5) is 28.8 Å². The molecule has 6 rings (SSSR count). The Hall–Kier alpha value is -4.92. The molecule has 6 heterocycles. The molecule has 468 valence electrons. The Labute approximate surface area is 465 Å². The molecule has 0 bridgehead atoms. The van der Waals surface area contributed by atoms with Crippen LogP contribution in [0.2, 0.25) is 0 Å². The van der Waals surface area contributed by atoms with Crippen molar-refractivity contribution in [2.75, 3.05) is 114 Å². The Kier molecular flexibility index (Phi) is 27.8. The second-order valence-electron chi connectivity index (χ2n) is 17.3. The third-order valence-electron chi connectivity index (χ3n) is 10.4. The van der Waals surface area contributed by atoms with E-state index in [9.17, 15) is 79.3 Å². The van der Waals surface area contributed by atoms with E-state index in [1.165, 1.54) is 0 Å². The normalized spacial score (nSPS) is 22.8. The van der Waals surface area contributed by atoms with E-state index in [2.05, 4.69) is 56.8 Å². The van der Waals surface area contributed by atoms with Crippen molar-refractivity contribution in [1.29, 1.82) is 0 Å². The molecule has 81 heavy (non-hydrogen) atoms. The number of carbonyl (C=O) groups excluding carboxylic acids is 6. The summed E-state index contributed by atoms with van der Waals surface area (Å²) in [6, 6.07) is 0. The fourth-order valence-corrected chi connectivity index (χ4v) is 12.5. The molecule has 0 aromatic carbocycles. The molecule has 0 amide bonds. The Bertz CT molecular complexity index is 2600. The predicted molar refractivity (Wildman–Crippen MR) is 257 cm³/mol. The summed E-state index contributed by atoms with van der Waals surface area (Å²) in [7, 11) is -23.0. The fourth-order valence-electron chi connectivity index (χ4n) is 6.32. The van der Waals surface area contributed by atoms with E-state index in [0.29, 0.717) is 32.1 Å². The van der Waals surface area contributed by atoms with Crippen LogP contribution >= 0.6 is 0 Å². The maximum Gasteiger partial charge on any atom is 0.508 e. The van der Waals surface area contributed by atoms with Gasteiger partial charge in [0.2, 0.25) is 0 Å². The largest absolute Gasteiger partial charge is 0.508 e. The molecule has 6 fully saturated rings. The quantitative estimate of drug-likeness (QED) is 0.0338. The van der Waals surface area contributed by atoms with Crippen LogP contribution in [0.5, 0.6) is 0 Å². The Morgan fingerprint density at radius 3 is 0.519 bits per heavy atom. The van der Waals surface area contributed by atoms with Gasteiger partial charge in [-0.25, -0.2) is 28.8 Å². The molecule has 6 aliphatic heterocycles. The molecule has 0 aliphatic carbocycles. The van der Waals surface area contributed by atoms with E-state index in [0.717, 1.165) is 0 Å². The summed E-state index contributed by atoms with van der Waals surface area (Å²) in [4.78, 5) is 64.2. The molecular weight excluding hydrogens is 1240 g/mol. The summed E-state index contributed by atoms with van der Waals surface area (Å²) in [5.74, 6) is -1.87. The van der Waals surface area contributed by atoms with Gasteiger partial charge in [-0.3, -0.25) is 25.1 Å². The van der Waals surface area contributed by atoms with Gasteiger partial charge in [0.1, 0.15) is 79.3 Å². The molecule has 0 aromatic heterocycles. The van der Waals surface area contributed by atoms with E-state index in [1.807, 2.05) is 0 Å². The van der Waals surface area contributed by atoms with Gasteiger partial charge in [-0.1, -0.05) is 19.3 Å². The van der Waals surface area contributed by atoms with Gasteiger partial charge in [-0.15, -0.1) is 0 Å². The number of cyclic esters (lactones) is 12. The highest BCUT2D eigenvalue weighted by molar-refractivity contribution is 7.88. The zero-order chi connectivity index (χ0) is 59.7. The number of hydrogen-bond donors (Lipinski definition) is 0. The van der Waals surface area contributed by atoms with E-state index in [1.54, 1.807) is 0 Å². The molecule has 0 N–H and O–H groups in total. The molecule has 6 saturated heterocycles. The van der Waals surface area contributed by atoms with E-state index in [-0.39, 0.29) is 128 Å². The first-order valence-corrected chi connectivity index (χ1v) is 33.6. The minimum absolute atomic E-state index is 0.0212. The first kappa shape index (κ1) is 68.6. The van der Waals surface area contributed by atoms with Crippen molar-refractivity contribution < 1.29 is 161 Å². The first-order chi connectivity index (χ1) is 38.0. The van der Waals surface area contributed by atoms with Gasteiger partial charge < -0.3 is 56.8 Å². The lowest BCUT2D eigenvalue weighted by Crippen LogP contribution is -2.23. The number of ether oxygens (including phenoxy) is 12. The van der Waals surface area contributed by atoms with Crippen molar-refractivity contribution in [3.63, 3.8) is 0 Å². The highest BCUT2D eigenvalue weighted by atomic mass is 32.2. The maximum atomic E-state index is 11.7. The van der Waals surface area contributed by atoms with Gasteiger partial charge in [0.15, 0.2) is 36.6 Å². The third kappa shape index (κ3) is 30.3. The zero-order valence-corrected chi connectivity index (χ0v) is 47.6. The average Bonchev–Trinajstić information content (AvgIpc) is 4.29. The van der Waals surface area contributed by atoms with Gasteiger partial charge in [0.25, 0.3) is 60.7 Å². The summed E-state index contributed by atoms with van der Waals surface area (Å²) >= 11 is 0. The van der Waals surface area contributed by atoms with Crippen molar-refractivity contribution in [2.45, 2.75) is 94.4 Å². The van der Waals surface area contributed by atoms with Gasteiger partial charge >= 0.3 is 36.9 Å². The Morgan fingerprint density at radius 2 is 0.383 bits per heavy atom. The van der Waals surface area contributed by atoms with Crippen LogP contribution < -0.4 is 0 Å². The summed E-state index contributed by atoms with van der Waals surface area (Å²) in [5.41, 5.74) is 0. The molecule has 0 saturated carbocycles.